The first-order valence-corrected chi connectivity index (χ1v) is 9.81. The van der Waals surface area contributed by atoms with E-state index >= 15 is 0 Å². The van der Waals surface area contributed by atoms with Gasteiger partial charge in [-0.25, -0.2) is 4.39 Å². The summed E-state index contributed by atoms with van der Waals surface area (Å²) < 4.78 is 55.1. The highest BCUT2D eigenvalue weighted by molar-refractivity contribution is 5.96. The largest absolute Gasteiger partial charge is 0.453 e. The fraction of sp³-hybridized carbons (Fsp3) is 0.190. The van der Waals surface area contributed by atoms with E-state index in [9.17, 15) is 22.4 Å². The molecule has 0 unspecified atom stereocenters. The minimum atomic E-state index is -4.86. The van der Waals surface area contributed by atoms with Gasteiger partial charge in [0.1, 0.15) is 11.5 Å². The Kier molecular flexibility index (Phi) is 6.01. The van der Waals surface area contributed by atoms with Crippen LogP contribution in [-0.2, 0) is 12.7 Å². The van der Waals surface area contributed by atoms with Crippen LogP contribution in [0.5, 0.6) is 0 Å². The second-order valence-electron chi connectivity index (χ2n) is 7.36. The molecule has 0 atom stereocenters. The summed E-state index contributed by atoms with van der Waals surface area (Å²) in [5.41, 5.74) is 1.39. The quantitative estimate of drug-likeness (QED) is 0.444. The van der Waals surface area contributed by atoms with Crippen LogP contribution < -0.4 is 5.32 Å². The van der Waals surface area contributed by atoms with Gasteiger partial charge in [-0.15, -0.1) is 5.10 Å². The molecule has 3 aromatic heterocycles. The van der Waals surface area contributed by atoms with Gasteiger partial charge in [0.25, 0.3) is 11.7 Å². The number of pyridine rings is 1. The van der Waals surface area contributed by atoms with Gasteiger partial charge in [0.2, 0.25) is 0 Å². The number of nitrogens with one attached hydrogen (secondary N) is 1. The van der Waals surface area contributed by atoms with Crippen molar-refractivity contribution in [2.24, 2.45) is 0 Å². The Bertz CT molecular complexity index is 1350. The number of alkyl halides is 3. The molecule has 0 aliphatic rings. The lowest BCUT2D eigenvalue weighted by molar-refractivity contribution is -0.146. The number of nitrogens with zero attached hydrogens (tertiary/aromatic N) is 7. The second-order valence-corrected chi connectivity index (χ2v) is 7.36. The van der Waals surface area contributed by atoms with E-state index in [0.29, 0.717) is 21.6 Å². The van der Waals surface area contributed by atoms with Gasteiger partial charge in [-0.05, 0) is 54.1 Å². The molecule has 13 heteroatoms. The topological polar surface area (TPSA) is 111 Å². The zero-order valence-electron chi connectivity index (χ0n) is 17.8. The first-order chi connectivity index (χ1) is 16.1. The maximum absolute atomic E-state index is 14.6. The molecule has 0 fully saturated rings. The lowest BCUT2D eigenvalue weighted by Crippen LogP contribution is -2.24. The SMILES string of the molecule is Cc1cnc(-c2cc(C(=O)NCc3cnc(C)cn3)cc(-n3nnnc3C(F)(F)F)c2)c(F)c1. The summed E-state index contributed by atoms with van der Waals surface area (Å²) in [6.45, 7) is 3.41. The predicted molar refractivity (Wildman–Crippen MR) is 110 cm³/mol. The van der Waals surface area contributed by atoms with Crippen molar-refractivity contribution in [2.75, 3.05) is 0 Å². The molecule has 0 spiro atoms. The third-order valence-electron chi connectivity index (χ3n) is 4.66. The number of hydrogen-bond acceptors (Lipinski definition) is 7. The standard InChI is InChI=1S/C21H16F4N8O/c1-11-3-17(22)18(28-7-11)13-4-14(19(34)29-10-15-9-26-12(2)8-27-15)6-16(5-13)33-20(21(23,24)25)30-31-32-33/h3-9H,10H2,1-2H3,(H,29,34). The van der Waals surface area contributed by atoms with E-state index in [1.807, 2.05) is 0 Å². The van der Waals surface area contributed by atoms with Gasteiger partial charge in [0.15, 0.2) is 0 Å². The van der Waals surface area contributed by atoms with Gasteiger partial charge in [0.05, 0.1) is 29.8 Å². The highest BCUT2D eigenvalue weighted by Crippen LogP contribution is 2.30. The third-order valence-corrected chi connectivity index (χ3v) is 4.66. The van der Waals surface area contributed by atoms with Gasteiger partial charge in [0, 0.05) is 23.5 Å². The highest BCUT2D eigenvalue weighted by atomic mass is 19.4. The van der Waals surface area contributed by atoms with E-state index in [2.05, 4.69) is 35.8 Å². The summed E-state index contributed by atoms with van der Waals surface area (Å²) in [6, 6.07) is 4.92. The molecule has 4 aromatic rings. The smallest absolute Gasteiger partial charge is 0.346 e. The van der Waals surface area contributed by atoms with Crippen molar-refractivity contribution in [1.82, 2.24) is 40.5 Å². The van der Waals surface area contributed by atoms with E-state index in [-0.39, 0.29) is 29.1 Å². The van der Waals surface area contributed by atoms with Gasteiger partial charge in [-0.3, -0.25) is 19.7 Å². The van der Waals surface area contributed by atoms with E-state index < -0.39 is 23.7 Å². The molecule has 0 saturated heterocycles. The number of tetrazole rings is 1. The number of carbonyl (C=O) groups is 1. The van der Waals surface area contributed by atoms with Gasteiger partial charge < -0.3 is 5.32 Å². The monoisotopic (exact) mass is 472 g/mol. The van der Waals surface area contributed by atoms with E-state index in [1.54, 1.807) is 13.8 Å². The molecule has 1 amide bonds. The molecule has 1 aromatic carbocycles. The molecular weight excluding hydrogens is 456 g/mol. The van der Waals surface area contributed by atoms with Crippen LogP contribution in [0.3, 0.4) is 0 Å². The zero-order chi connectivity index (χ0) is 24.5. The normalized spacial score (nSPS) is 11.5. The maximum Gasteiger partial charge on any atom is 0.453 e. The molecule has 3 heterocycles. The van der Waals surface area contributed by atoms with Crippen LogP contribution in [0, 0.1) is 19.7 Å². The fourth-order valence-electron chi connectivity index (χ4n) is 3.07. The number of halogens is 4. The average molecular weight is 472 g/mol. The summed E-state index contributed by atoms with van der Waals surface area (Å²) in [5, 5.41) is 12.1. The van der Waals surface area contributed by atoms with E-state index in [0.717, 1.165) is 6.07 Å². The average Bonchev–Trinajstić information content (AvgIpc) is 3.29. The summed E-state index contributed by atoms with van der Waals surface area (Å²) in [7, 11) is 0. The second kappa shape index (κ2) is 8.92. The van der Waals surface area contributed by atoms with Crippen LogP contribution in [0.1, 0.15) is 33.1 Å². The molecule has 9 nitrogen and oxygen atoms in total. The van der Waals surface area contributed by atoms with Gasteiger partial charge in [-0.2, -0.15) is 17.9 Å². The number of carbonyl (C=O) groups excluding carboxylic acids is 1. The van der Waals surface area contributed by atoms with Crippen LogP contribution in [0.15, 0.2) is 42.9 Å². The number of aromatic nitrogens is 7. The minimum Gasteiger partial charge on any atom is -0.346 e. The number of benzene rings is 1. The molecule has 1 N–H and O–H groups in total. The molecule has 4 rings (SSSR count). The predicted octanol–water partition coefficient (Wildman–Crippen LogP) is 3.22. The summed E-state index contributed by atoms with van der Waals surface area (Å²) in [6.07, 6.45) is -0.444. The van der Waals surface area contributed by atoms with Crippen LogP contribution in [0.4, 0.5) is 17.6 Å². The van der Waals surface area contributed by atoms with Crippen molar-refractivity contribution in [3.05, 3.63) is 77.0 Å². The molecule has 0 bridgehead atoms. The summed E-state index contributed by atoms with van der Waals surface area (Å²) >= 11 is 0. The van der Waals surface area contributed by atoms with Crippen LogP contribution in [0.25, 0.3) is 16.9 Å². The van der Waals surface area contributed by atoms with Gasteiger partial charge >= 0.3 is 6.18 Å². The van der Waals surface area contributed by atoms with Crippen LogP contribution in [0.2, 0.25) is 0 Å². The van der Waals surface area contributed by atoms with Crippen LogP contribution >= 0.6 is 0 Å². The van der Waals surface area contributed by atoms with E-state index in [4.69, 9.17) is 0 Å². The Morgan fingerprint density at radius 1 is 1.03 bits per heavy atom. The Morgan fingerprint density at radius 3 is 2.50 bits per heavy atom. The first kappa shape index (κ1) is 22.9. The van der Waals surface area contributed by atoms with Gasteiger partial charge in [-0.1, -0.05) is 0 Å². The highest BCUT2D eigenvalue weighted by Gasteiger charge is 2.38. The fourth-order valence-corrected chi connectivity index (χ4v) is 3.07. The number of amides is 1. The summed E-state index contributed by atoms with van der Waals surface area (Å²) in [4.78, 5) is 25.1. The zero-order valence-corrected chi connectivity index (χ0v) is 17.8. The van der Waals surface area contributed by atoms with Crippen molar-refractivity contribution < 1.29 is 22.4 Å². The molecule has 174 valence electrons. The molecule has 0 aliphatic carbocycles. The number of hydrogen-bond donors (Lipinski definition) is 1. The molecule has 0 aliphatic heterocycles. The molecule has 34 heavy (non-hydrogen) atoms. The third kappa shape index (κ3) is 4.87. The lowest BCUT2D eigenvalue weighted by Gasteiger charge is -2.12. The Hall–Kier alpha value is -4.29. The summed E-state index contributed by atoms with van der Waals surface area (Å²) in [5.74, 6) is -2.74. The van der Waals surface area contributed by atoms with Crippen LogP contribution in [-0.4, -0.2) is 41.1 Å². The maximum atomic E-state index is 14.6. The molecular formula is C21H16F4N8O. The number of aryl methyl sites for hydroxylation is 2. The number of rotatable bonds is 5. The van der Waals surface area contributed by atoms with E-state index in [1.165, 1.54) is 36.8 Å². The van der Waals surface area contributed by atoms with Crippen molar-refractivity contribution in [3.8, 4) is 16.9 Å². The Balaban J connectivity index is 1.76. The van der Waals surface area contributed by atoms with Crippen molar-refractivity contribution in [1.29, 1.82) is 0 Å². The lowest BCUT2D eigenvalue weighted by atomic mass is 10.0. The Labute approximate surface area is 189 Å². The van der Waals surface area contributed by atoms with Crippen molar-refractivity contribution in [3.63, 3.8) is 0 Å². The molecule has 0 saturated carbocycles. The van der Waals surface area contributed by atoms with Crippen molar-refractivity contribution >= 4 is 5.91 Å². The first-order valence-electron chi connectivity index (χ1n) is 9.81. The van der Waals surface area contributed by atoms with Crippen molar-refractivity contribution in [2.45, 2.75) is 26.6 Å². The minimum absolute atomic E-state index is 0.0154. The Morgan fingerprint density at radius 2 is 1.82 bits per heavy atom. The molecule has 0 radical (unpaired) electrons.